The van der Waals surface area contributed by atoms with E-state index in [0.717, 1.165) is 5.56 Å². The summed E-state index contributed by atoms with van der Waals surface area (Å²) in [7, 11) is 1.51. The number of rotatable bonds is 4. The molecule has 0 saturated carbocycles. The first-order valence-electron chi connectivity index (χ1n) is 5.92. The predicted octanol–water partition coefficient (Wildman–Crippen LogP) is 4.90. The van der Waals surface area contributed by atoms with Gasteiger partial charge in [-0.1, -0.05) is 41.4 Å². The number of halogens is 2. The molecule has 0 saturated heterocycles. The molecule has 0 aliphatic carbocycles. The summed E-state index contributed by atoms with van der Waals surface area (Å²) in [4.78, 5) is 12.2. The Morgan fingerprint density at radius 1 is 1.15 bits per heavy atom. The highest BCUT2D eigenvalue weighted by atomic mass is 35.5. The Bertz CT molecular complexity index is 663. The molecule has 0 amide bonds. The molecule has 102 valence electrons. The van der Waals surface area contributed by atoms with Crippen molar-refractivity contribution in [2.45, 2.75) is 0 Å². The van der Waals surface area contributed by atoms with Crippen molar-refractivity contribution >= 4 is 35.1 Å². The van der Waals surface area contributed by atoms with E-state index in [1.807, 2.05) is 18.2 Å². The molecule has 0 radical (unpaired) electrons. The van der Waals surface area contributed by atoms with Crippen LogP contribution in [0.2, 0.25) is 10.0 Å². The van der Waals surface area contributed by atoms with Crippen molar-refractivity contribution in [2.75, 3.05) is 7.11 Å². The number of carbonyl (C=O) groups excluding carboxylic acids is 1. The van der Waals surface area contributed by atoms with Crippen LogP contribution in [0, 0.1) is 0 Å². The largest absolute Gasteiger partial charge is 0.496 e. The van der Waals surface area contributed by atoms with Crippen LogP contribution in [0.25, 0.3) is 6.08 Å². The van der Waals surface area contributed by atoms with E-state index < -0.39 is 0 Å². The molecule has 0 spiro atoms. The Balaban J connectivity index is 2.29. The Hall–Kier alpha value is -1.77. The van der Waals surface area contributed by atoms with E-state index in [1.54, 1.807) is 30.3 Å². The van der Waals surface area contributed by atoms with Crippen LogP contribution >= 0.6 is 23.2 Å². The molecule has 2 nitrogen and oxygen atoms in total. The second-order valence-corrected chi connectivity index (χ2v) is 4.91. The van der Waals surface area contributed by atoms with Gasteiger partial charge < -0.3 is 4.74 Å². The number of benzene rings is 2. The Labute approximate surface area is 127 Å². The van der Waals surface area contributed by atoms with Gasteiger partial charge in [0.1, 0.15) is 5.75 Å². The van der Waals surface area contributed by atoms with Crippen LogP contribution in [0.3, 0.4) is 0 Å². The lowest BCUT2D eigenvalue weighted by atomic mass is 10.1. The van der Waals surface area contributed by atoms with E-state index in [4.69, 9.17) is 27.9 Å². The summed E-state index contributed by atoms with van der Waals surface area (Å²) in [5.74, 6) is 0.299. The first-order valence-corrected chi connectivity index (χ1v) is 6.68. The lowest BCUT2D eigenvalue weighted by Gasteiger charge is -2.05. The van der Waals surface area contributed by atoms with Crippen LogP contribution in [0.4, 0.5) is 0 Å². The molecule has 4 heteroatoms. The van der Waals surface area contributed by atoms with Gasteiger partial charge in [0.25, 0.3) is 0 Å². The monoisotopic (exact) mass is 306 g/mol. The quantitative estimate of drug-likeness (QED) is 0.593. The molecule has 2 aromatic carbocycles. The normalized spacial score (nSPS) is 10.8. The van der Waals surface area contributed by atoms with E-state index in [9.17, 15) is 4.79 Å². The van der Waals surface area contributed by atoms with Gasteiger partial charge in [-0.3, -0.25) is 4.79 Å². The summed E-state index contributed by atoms with van der Waals surface area (Å²) >= 11 is 11.9. The van der Waals surface area contributed by atoms with Crippen molar-refractivity contribution in [1.29, 1.82) is 0 Å². The lowest BCUT2D eigenvalue weighted by Crippen LogP contribution is -1.98. The molecule has 0 unspecified atom stereocenters. The average molecular weight is 307 g/mol. The van der Waals surface area contributed by atoms with Gasteiger partial charge in [0.15, 0.2) is 5.78 Å². The van der Waals surface area contributed by atoms with Crippen molar-refractivity contribution in [2.24, 2.45) is 0 Å². The second kappa shape index (κ2) is 6.60. The molecule has 0 N–H and O–H groups in total. The lowest BCUT2D eigenvalue weighted by molar-refractivity contribution is 0.104. The summed E-state index contributed by atoms with van der Waals surface area (Å²) in [5, 5.41) is 1.08. The number of ketones is 1. The zero-order valence-electron chi connectivity index (χ0n) is 10.8. The van der Waals surface area contributed by atoms with Gasteiger partial charge in [-0.15, -0.1) is 0 Å². The first-order chi connectivity index (χ1) is 9.61. The van der Waals surface area contributed by atoms with Crippen molar-refractivity contribution in [3.63, 3.8) is 0 Å². The molecule has 0 atom stereocenters. The fourth-order valence-corrected chi connectivity index (χ4v) is 2.11. The topological polar surface area (TPSA) is 26.3 Å². The maximum Gasteiger partial charge on any atom is 0.189 e. The molecule has 0 aromatic heterocycles. The first kappa shape index (κ1) is 14.6. The van der Waals surface area contributed by atoms with Crippen molar-refractivity contribution in [3.05, 3.63) is 69.7 Å². The van der Waals surface area contributed by atoms with Gasteiger partial charge in [0.2, 0.25) is 0 Å². The fraction of sp³-hybridized carbons (Fsp3) is 0.0625. The Morgan fingerprint density at radius 3 is 2.60 bits per heavy atom. The van der Waals surface area contributed by atoms with Gasteiger partial charge in [0, 0.05) is 10.0 Å². The third-order valence-corrected chi connectivity index (χ3v) is 3.33. The highest BCUT2D eigenvalue weighted by Crippen LogP contribution is 2.24. The van der Waals surface area contributed by atoms with Gasteiger partial charge in [-0.2, -0.15) is 0 Å². The minimum Gasteiger partial charge on any atom is -0.496 e. The molecule has 2 aromatic rings. The number of hydrogen-bond acceptors (Lipinski definition) is 2. The van der Waals surface area contributed by atoms with Gasteiger partial charge in [-0.05, 0) is 42.0 Å². The Morgan fingerprint density at radius 2 is 1.90 bits per heavy atom. The maximum absolute atomic E-state index is 12.2. The smallest absolute Gasteiger partial charge is 0.189 e. The van der Waals surface area contributed by atoms with Crippen LogP contribution < -0.4 is 4.74 Å². The van der Waals surface area contributed by atoms with E-state index in [2.05, 4.69) is 0 Å². The molecule has 0 bridgehead atoms. The van der Waals surface area contributed by atoms with E-state index in [1.165, 1.54) is 13.2 Å². The summed E-state index contributed by atoms with van der Waals surface area (Å²) in [6.07, 6.45) is 3.13. The van der Waals surface area contributed by atoms with Crippen LogP contribution in [0.15, 0.2) is 48.5 Å². The number of ether oxygens (including phenoxy) is 1. The summed E-state index contributed by atoms with van der Waals surface area (Å²) in [5.41, 5.74) is 1.20. The highest BCUT2D eigenvalue weighted by molar-refractivity contribution is 6.32. The standard InChI is InChI=1S/C16H12Cl2O2/c1-20-16-9-7-12(17)10-13(16)15(19)8-6-11-4-2-3-5-14(11)18/h2-10H,1H3/b8-6+. The zero-order chi connectivity index (χ0) is 14.5. The zero-order valence-corrected chi connectivity index (χ0v) is 12.3. The van der Waals surface area contributed by atoms with Crippen LogP contribution in [0.5, 0.6) is 5.75 Å². The van der Waals surface area contributed by atoms with Crippen molar-refractivity contribution in [3.8, 4) is 5.75 Å². The number of carbonyl (C=O) groups is 1. The summed E-state index contributed by atoms with van der Waals surface area (Å²) in [6.45, 7) is 0. The molecule has 2 rings (SSSR count). The molecule has 0 heterocycles. The van der Waals surface area contributed by atoms with Gasteiger partial charge in [-0.25, -0.2) is 0 Å². The summed E-state index contributed by atoms with van der Waals surface area (Å²) < 4.78 is 5.16. The minimum atomic E-state index is -0.190. The van der Waals surface area contributed by atoms with E-state index in [-0.39, 0.29) is 5.78 Å². The molecule has 0 aliphatic heterocycles. The predicted molar refractivity (Wildman–Crippen MR) is 82.8 cm³/mol. The third kappa shape index (κ3) is 3.41. The molecular formula is C16H12Cl2O2. The number of hydrogen-bond donors (Lipinski definition) is 0. The third-order valence-electron chi connectivity index (χ3n) is 2.75. The van der Waals surface area contributed by atoms with Crippen LogP contribution in [0.1, 0.15) is 15.9 Å². The molecule has 20 heavy (non-hydrogen) atoms. The molecule has 0 aliphatic rings. The Kier molecular flexibility index (Phi) is 4.83. The summed E-state index contributed by atoms with van der Waals surface area (Å²) in [6, 6.07) is 12.2. The number of methoxy groups -OCH3 is 1. The maximum atomic E-state index is 12.2. The second-order valence-electron chi connectivity index (χ2n) is 4.06. The van der Waals surface area contributed by atoms with Crippen molar-refractivity contribution < 1.29 is 9.53 Å². The molecular weight excluding hydrogens is 295 g/mol. The highest BCUT2D eigenvalue weighted by Gasteiger charge is 2.10. The van der Waals surface area contributed by atoms with Gasteiger partial charge in [0.05, 0.1) is 12.7 Å². The van der Waals surface area contributed by atoms with E-state index in [0.29, 0.717) is 21.4 Å². The van der Waals surface area contributed by atoms with Crippen LogP contribution in [-0.2, 0) is 0 Å². The SMILES string of the molecule is COc1ccc(Cl)cc1C(=O)/C=C/c1ccccc1Cl. The fourth-order valence-electron chi connectivity index (χ4n) is 1.74. The minimum absolute atomic E-state index is 0.190. The number of allylic oxidation sites excluding steroid dienone is 1. The van der Waals surface area contributed by atoms with Gasteiger partial charge >= 0.3 is 0 Å². The van der Waals surface area contributed by atoms with Crippen LogP contribution in [-0.4, -0.2) is 12.9 Å². The van der Waals surface area contributed by atoms with E-state index >= 15 is 0 Å². The average Bonchev–Trinajstić information content (AvgIpc) is 2.46. The van der Waals surface area contributed by atoms with Crippen molar-refractivity contribution in [1.82, 2.24) is 0 Å². The molecule has 0 fully saturated rings.